The van der Waals surface area contributed by atoms with Gasteiger partial charge in [0.25, 0.3) is 0 Å². The van der Waals surface area contributed by atoms with Crippen LogP contribution in [0.1, 0.15) is 0 Å². The van der Waals surface area contributed by atoms with Crippen molar-refractivity contribution in [3.8, 4) is 0 Å². The number of aliphatic hydroxyl groups is 3. The Bertz CT molecular complexity index is 902. The van der Waals surface area contributed by atoms with Gasteiger partial charge >= 0.3 is 0 Å². The Labute approximate surface area is 209 Å². The van der Waals surface area contributed by atoms with Crippen molar-refractivity contribution >= 4 is 28.0 Å². The van der Waals surface area contributed by atoms with Crippen molar-refractivity contribution in [3.63, 3.8) is 0 Å². The van der Waals surface area contributed by atoms with E-state index >= 15 is 0 Å². The summed E-state index contributed by atoms with van der Waals surface area (Å²) in [5.41, 5.74) is 5.36. The fourth-order valence-electron chi connectivity index (χ4n) is 4.88. The fraction of sp³-hybridized carbons (Fsp3) is 0.200. The highest BCUT2D eigenvalue weighted by molar-refractivity contribution is 7.19. The predicted molar refractivity (Wildman–Crippen MR) is 148 cm³/mol. The van der Waals surface area contributed by atoms with Crippen molar-refractivity contribution < 1.29 is 15.3 Å². The molecule has 0 aliphatic rings. The van der Waals surface area contributed by atoms with Gasteiger partial charge in [-0.2, -0.15) is 21.9 Å². The summed E-state index contributed by atoms with van der Waals surface area (Å²) in [5, 5.41) is 25.5. The second-order valence-electron chi connectivity index (χ2n) is 8.52. The molecule has 0 saturated heterocycles. The molecule has 35 heavy (non-hydrogen) atoms. The van der Waals surface area contributed by atoms with Gasteiger partial charge in [0.05, 0.1) is 19.8 Å². The first-order chi connectivity index (χ1) is 17.3. The first kappa shape index (κ1) is 26.4. The van der Waals surface area contributed by atoms with Crippen LogP contribution in [0.15, 0.2) is 121 Å². The third-order valence-electron chi connectivity index (χ3n) is 6.45. The van der Waals surface area contributed by atoms with E-state index < -0.39 is 6.15 Å². The van der Waals surface area contributed by atoms with E-state index in [1.54, 1.807) is 4.90 Å². The lowest BCUT2D eigenvalue weighted by atomic mass is 9.13. The average molecular weight is 468 g/mol. The summed E-state index contributed by atoms with van der Waals surface area (Å²) in [7, 11) is 0. The fourth-order valence-corrected chi connectivity index (χ4v) is 4.88. The van der Waals surface area contributed by atoms with Crippen LogP contribution in [-0.4, -0.2) is 65.8 Å². The number of hydrogen-bond donors (Lipinski definition) is 3. The zero-order chi connectivity index (χ0) is 24.8. The summed E-state index contributed by atoms with van der Waals surface area (Å²) >= 11 is 0. The van der Waals surface area contributed by atoms with Crippen LogP contribution in [-0.2, 0) is 0 Å². The van der Waals surface area contributed by atoms with E-state index in [4.69, 9.17) is 15.3 Å². The molecule has 4 nitrogen and oxygen atoms in total. The lowest BCUT2D eigenvalue weighted by molar-refractivity contribution is 0.136. The Morgan fingerprint density at radius 1 is 0.400 bits per heavy atom. The van der Waals surface area contributed by atoms with Gasteiger partial charge in [-0.05, 0) is 0 Å². The molecule has 0 atom stereocenters. The molecule has 0 unspecified atom stereocenters. The van der Waals surface area contributed by atoms with Gasteiger partial charge in [-0.3, -0.25) is 4.90 Å². The molecule has 0 radical (unpaired) electrons. The molecule has 0 amide bonds. The summed E-state index contributed by atoms with van der Waals surface area (Å²) in [6.07, 6.45) is -1.22. The molecule has 4 aromatic carbocycles. The summed E-state index contributed by atoms with van der Waals surface area (Å²) in [6.45, 7) is 1.75. The van der Waals surface area contributed by atoms with Crippen molar-refractivity contribution in [3.05, 3.63) is 121 Å². The quantitative estimate of drug-likeness (QED) is 0.308. The van der Waals surface area contributed by atoms with Gasteiger partial charge in [-0.25, -0.2) is 0 Å². The van der Waals surface area contributed by atoms with Crippen LogP contribution >= 0.6 is 0 Å². The monoisotopic (exact) mass is 468 g/mol. The van der Waals surface area contributed by atoms with Crippen LogP contribution in [0.5, 0.6) is 0 Å². The minimum absolute atomic E-state index is 0.0694. The Morgan fingerprint density at radius 3 is 0.829 bits per heavy atom. The first-order valence-corrected chi connectivity index (χ1v) is 12.2. The van der Waals surface area contributed by atoms with Crippen molar-refractivity contribution in [2.45, 2.75) is 0 Å². The zero-order valence-electron chi connectivity index (χ0n) is 20.2. The van der Waals surface area contributed by atoms with E-state index in [0.29, 0.717) is 19.6 Å². The van der Waals surface area contributed by atoms with Gasteiger partial charge < -0.3 is 15.3 Å². The van der Waals surface area contributed by atoms with Crippen molar-refractivity contribution in [1.29, 1.82) is 0 Å². The topological polar surface area (TPSA) is 63.9 Å². The van der Waals surface area contributed by atoms with Crippen LogP contribution in [0, 0.1) is 0 Å². The SMILES string of the molecule is OCCN(CCO)CCO.c1ccc([B-](c2ccccc2)(c2ccccc2)c2ccccc2)cc1. The molecule has 0 aliphatic carbocycles. The molecule has 0 aromatic heterocycles. The summed E-state index contributed by atoms with van der Waals surface area (Å²) in [4.78, 5) is 1.79. The average Bonchev–Trinajstić information content (AvgIpc) is 2.93. The molecule has 182 valence electrons. The highest BCUT2D eigenvalue weighted by Crippen LogP contribution is 2.09. The third-order valence-corrected chi connectivity index (χ3v) is 6.45. The molecule has 4 aromatic rings. The van der Waals surface area contributed by atoms with Gasteiger partial charge in [0.1, 0.15) is 6.15 Å². The number of nitrogens with zero attached hydrogens (tertiary/aromatic N) is 1. The number of rotatable bonds is 10. The molecule has 0 fully saturated rings. The third kappa shape index (κ3) is 6.68. The Kier molecular flexibility index (Phi) is 10.7. The molecule has 0 heterocycles. The lowest BCUT2D eigenvalue weighted by Gasteiger charge is -2.44. The van der Waals surface area contributed by atoms with E-state index in [1.165, 1.54) is 21.9 Å². The van der Waals surface area contributed by atoms with Crippen LogP contribution in [0.4, 0.5) is 0 Å². The standard InChI is InChI=1S/C24H20B.C6H15NO3/c1-5-13-21(14-6-1)25(22-15-7-2-8-16-22,23-17-9-3-10-18-23)24-19-11-4-12-20-24;8-4-1-7(2-5-9)3-6-10/h1-20H;8-10H,1-6H2/q-1;. The van der Waals surface area contributed by atoms with Gasteiger partial charge in [0.15, 0.2) is 0 Å². The number of aliphatic hydroxyl groups excluding tert-OH is 3. The van der Waals surface area contributed by atoms with Crippen LogP contribution in [0.3, 0.4) is 0 Å². The van der Waals surface area contributed by atoms with E-state index in [1.807, 2.05) is 0 Å². The maximum Gasteiger partial charge on any atom is 0.108 e. The van der Waals surface area contributed by atoms with E-state index in [-0.39, 0.29) is 19.8 Å². The largest absolute Gasteiger partial charge is 0.395 e. The smallest absolute Gasteiger partial charge is 0.108 e. The van der Waals surface area contributed by atoms with Gasteiger partial charge in [0.2, 0.25) is 0 Å². The molecule has 0 spiro atoms. The van der Waals surface area contributed by atoms with Crippen LogP contribution in [0.2, 0.25) is 0 Å². The normalized spacial score (nSPS) is 11.1. The molecule has 4 rings (SSSR count). The molecule has 0 saturated carbocycles. The summed E-state index contributed by atoms with van der Waals surface area (Å²) < 4.78 is 0. The molecule has 0 bridgehead atoms. The Balaban J connectivity index is 0.000000292. The highest BCUT2D eigenvalue weighted by atomic mass is 16.3. The number of benzene rings is 4. The lowest BCUT2D eigenvalue weighted by Crippen LogP contribution is -2.74. The predicted octanol–water partition coefficient (Wildman–Crippen LogP) is 1.33. The maximum atomic E-state index is 8.48. The zero-order valence-corrected chi connectivity index (χ0v) is 20.2. The van der Waals surface area contributed by atoms with Crippen molar-refractivity contribution in [1.82, 2.24) is 4.90 Å². The summed E-state index contributed by atoms with van der Waals surface area (Å²) in [6, 6.07) is 43.5. The molecule has 3 N–H and O–H groups in total. The molecular formula is C30H35BNO3-. The van der Waals surface area contributed by atoms with Gasteiger partial charge in [-0.1, -0.05) is 121 Å². The van der Waals surface area contributed by atoms with Crippen molar-refractivity contribution in [2.75, 3.05) is 39.5 Å². The van der Waals surface area contributed by atoms with E-state index in [0.717, 1.165) is 0 Å². The Morgan fingerprint density at radius 2 is 0.629 bits per heavy atom. The van der Waals surface area contributed by atoms with Gasteiger partial charge in [-0.15, -0.1) is 0 Å². The summed E-state index contributed by atoms with van der Waals surface area (Å²) in [5.74, 6) is 0. The second kappa shape index (κ2) is 14.2. The van der Waals surface area contributed by atoms with Gasteiger partial charge in [0, 0.05) is 19.6 Å². The Hall–Kier alpha value is -3.22. The van der Waals surface area contributed by atoms with Crippen LogP contribution < -0.4 is 21.9 Å². The molecule has 0 aliphatic heterocycles. The molecule has 5 heteroatoms. The maximum absolute atomic E-state index is 8.48. The molecular weight excluding hydrogens is 433 g/mol. The van der Waals surface area contributed by atoms with E-state index in [9.17, 15) is 0 Å². The first-order valence-electron chi connectivity index (χ1n) is 12.2. The second-order valence-corrected chi connectivity index (χ2v) is 8.52. The van der Waals surface area contributed by atoms with Crippen LogP contribution in [0.25, 0.3) is 0 Å². The minimum Gasteiger partial charge on any atom is -0.395 e. The van der Waals surface area contributed by atoms with Crippen molar-refractivity contribution in [2.24, 2.45) is 0 Å². The highest BCUT2D eigenvalue weighted by Gasteiger charge is 2.30. The minimum atomic E-state index is -1.22. The van der Waals surface area contributed by atoms with E-state index in [2.05, 4.69) is 121 Å². The number of hydrogen-bond acceptors (Lipinski definition) is 4.